The van der Waals surface area contributed by atoms with Gasteiger partial charge in [-0.2, -0.15) is 0 Å². The minimum absolute atomic E-state index is 0.0217. The normalized spacial score (nSPS) is 12.2. The molecule has 0 atom stereocenters. The van der Waals surface area contributed by atoms with Gasteiger partial charge in [-0.3, -0.25) is 0 Å². The standard InChI is InChI=1S/C11H15N3S/c1-11(2,7-12)15-10-13-8-5-3-4-6-9(8)14-10/h3-6H,7,12H2,1-2H3,(H,13,14). The van der Waals surface area contributed by atoms with Crippen LogP contribution >= 0.6 is 11.8 Å². The average molecular weight is 221 g/mol. The van der Waals surface area contributed by atoms with Crippen LogP contribution in [0.4, 0.5) is 0 Å². The molecule has 1 aromatic heterocycles. The van der Waals surface area contributed by atoms with E-state index in [4.69, 9.17) is 5.73 Å². The third kappa shape index (κ3) is 2.33. The number of hydrogen-bond donors (Lipinski definition) is 2. The molecule has 15 heavy (non-hydrogen) atoms. The van der Waals surface area contributed by atoms with E-state index in [1.165, 1.54) is 0 Å². The van der Waals surface area contributed by atoms with Gasteiger partial charge in [-0.25, -0.2) is 4.98 Å². The SMILES string of the molecule is CC(C)(CN)Sc1nc2ccccc2[nH]1. The third-order valence-electron chi connectivity index (χ3n) is 2.23. The number of H-pyrrole nitrogens is 1. The van der Waals surface area contributed by atoms with Crippen molar-refractivity contribution >= 4 is 22.8 Å². The van der Waals surface area contributed by atoms with E-state index in [9.17, 15) is 0 Å². The summed E-state index contributed by atoms with van der Waals surface area (Å²) in [7, 11) is 0. The number of fused-ring (bicyclic) bond motifs is 1. The Morgan fingerprint density at radius 3 is 2.80 bits per heavy atom. The molecule has 0 fully saturated rings. The highest BCUT2D eigenvalue weighted by molar-refractivity contribution is 8.00. The molecule has 3 nitrogen and oxygen atoms in total. The lowest BCUT2D eigenvalue weighted by molar-refractivity contribution is 0.719. The van der Waals surface area contributed by atoms with Gasteiger partial charge in [0.1, 0.15) is 0 Å². The Morgan fingerprint density at radius 2 is 2.13 bits per heavy atom. The van der Waals surface area contributed by atoms with E-state index in [0.717, 1.165) is 16.2 Å². The van der Waals surface area contributed by atoms with Crippen LogP contribution in [-0.4, -0.2) is 21.3 Å². The molecule has 1 aromatic carbocycles. The molecule has 0 radical (unpaired) electrons. The molecule has 0 spiro atoms. The number of nitrogens with two attached hydrogens (primary N) is 1. The summed E-state index contributed by atoms with van der Waals surface area (Å²) < 4.78 is 0.0217. The van der Waals surface area contributed by atoms with E-state index in [2.05, 4.69) is 23.8 Å². The lowest BCUT2D eigenvalue weighted by Crippen LogP contribution is -2.26. The summed E-state index contributed by atoms with van der Waals surface area (Å²) in [6.07, 6.45) is 0. The van der Waals surface area contributed by atoms with Crippen molar-refractivity contribution in [1.29, 1.82) is 0 Å². The first-order chi connectivity index (χ1) is 7.11. The van der Waals surface area contributed by atoms with E-state index in [0.29, 0.717) is 6.54 Å². The van der Waals surface area contributed by atoms with Gasteiger partial charge in [0.15, 0.2) is 5.16 Å². The Labute approximate surface area is 93.5 Å². The maximum Gasteiger partial charge on any atom is 0.166 e. The van der Waals surface area contributed by atoms with Crippen molar-refractivity contribution < 1.29 is 0 Å². The van der Waals surface area contributed by atoms with Crippen LogP contribution in [0.5, 0.6) is 0 Å². The van der Waals surface area contributed by atoms with Crippen LogP contribution in [0.25, 0.3) is 11.0 Å². The number of nitrogens with zero attached hydrogens (tertiary/aromatic N) is 1. The van der Waals surface area contributed by atoms with Crippen molar-refractivity contribution in [1.82, 2.24) is 9.97 Å². The summed E-state index contributed by atoms with van der Waals surface area (Å²) >= 11 is 1.68. The van der Waals surface area contributed by atoms with Gasteiger partial charge in [0.2, 0.25) is 0 Å². The first-order valence-electron chi connectivity index (χ1n) is 4.94. The number of aromatic nitrogens is 2. The number of benzene rings is 1. The van der Waals surface area contributed by atoms with Crippen LogP contribution in [0.2, 0.25) is 0 Å². The van der Waals surface area contributed by atoms with Gasteiger partial charge in [0.05, 0.1) is 11.0 Å². The predicted octanol–water partition coefficient (Wildman–Crippen LogP) is 2.39. The van der Waals surface area contributed by atoms with Crippen molar-refractivity contribution in [2.75, 3.05) is 6.54 Å². The Morgan fingerprint density at radius 1 is 1.40 bits per heavy atom. The van der Waals surface area contributed by atoms with Gasteiger partial charge in [-0.05, 0) is 26.0 Å². The van der Waals surface area contributed by atoms with Gasteiger partial charge < -0.3 is 10.7 Å². The van der Waals surface area contributed by atoms with E-state index in [1.54, 1.807) is 11.8 Å². The summed E-state index contributed by atoms with van der Waals surface area (Å²) in [4.78, 5) is 7.78. The van der Waals surface area contributed by atoms with Gasteiger partial charge in [0, 0.05) is 11.3 Å². The number of thioether (sulfide) groups is 1. The topological polar surface area (TPSA) is 54.7 Å². The quantitative estimate of drug-likeness (QED) is 0.782. The lowest BCUT2D eigenvalue weighted by Gasteiger charge is -2.19. The summed E-state index contributed by atoms with van der Waals surface area (Å²) in [6.45, 7) is 4.87. The predicted molar refractivity (Wildman–Crippen MR) is 65.1 cm³/mol. The van der Waals surface area contributed by atoms with E-state index < -0.39 is 0 Å². The lowest BCUT2D eigenvalue weighted by atomic mass is 10.2. The molecule has 1 heterocycles. The maximum atomic E-state index is 5.69. The van der Waals surface area contributed by atoms with E-state index >= 15 is 0 Å². The van der Waals surface area contributed by atoms with Crippen molar-refractivity contribution in [3.05, 3.63) is 24.3 Å². The zero-order chi connectivity index (χ0) is 10.9. The van der Waals surface area contributed by atoms with Crippen LogP contribution in [0.1, 0.15) is 13.8 Å². The second kappa shape index (κ2) is 3.87. The number of nitrogens with one attached hydrogen (secondary N) is 1. The molecule has 0 aliphatic heterocycles. The van der Waals surface area contributed by atoms with Crippen LogP contribution in [0.15, 0.2) is 29.4 Å². The van der Waals surface area contributed by atoms with Gasteiger partial charge in [-0.15, -0.1) is 0 Å². The summed E-state index contributed by atoms with van der Waals surface area (Å²) in [6, 6.07) is 8.03. The Kier molecular flexibility index (Phi) is 2.71. The van der Waals surface area contributed by atoms with Crippen LogP contribution < -0.4 is 5.73 Å². The molecule has 80 valence electrons. The smallest absolute Gasteiger partial charge is 0.166 e. The Bertz CT molecular complexity index is 429. The molecule has 0 amide bonds. The molecule has 0 aliphatic carbocycles. The van der Waals surface area contributed by atoms with Crippen LogP contribution in [0, 0.1) is 0 Å². The highest BCUT2D eigenvalue weighted by Crippen LogP contribution is 2.30. The van der Waals surface area contributed by atoms with Crippen molar-refractivity contribution in [3.8, 4) is 0 Å². The molecule has 0 saturated carbocycles. The molecule has 0 unspecified atom stereocenters. The molecule has 0 aliphatic rings. The highest BCUT2D eigenvalue weighted by atomic mass is 32.2. The molecular weight excluding hydrogens is 206 g/mol. The fourth-order valence-corrected chi connectivity index (χ4v) is 2.19. The number of hydrogen-bond acceptors (Lipinski definition) is 3. The monoisotopic (exact) mass is 221 g/mol. The average Bonchev–Trinajstić information content (AvgIpc) is 2.58. The van der Waals surface area contributed by atoms with Crippen LogP contribution in [-0.2, 0) is 0 Å². The van der Waals surface area contributed by atoms with Gasteiger partial charge >= 0.3 is 0 Å². The molecular formula is C11H15N3S. The highest BCUT2D eigenvalue weighted by Gasteiger charge is 2.19. The fraction of sp³-hybridized carbons (Fsp3) is 0.364. The second-order valence-corrected chi connectivity index (χ2v) is 5.82. The van der Waals surface area contributed by atoms with Crippen molar-refractivity contribution in [2.45, 2.75) is 23.8 Å². The Hall–Kier alpha value is -1.00. The zero-order valence-electron chi connectivity index (χ0n) is 8.95. The Balaban J connectivity index is 2.30. The molecule has 4 heteroatoms. The molecule has 0 bridgehead atoms. The molecule has 0 saturated heterocycles. The fourth-order valence-electron chi connectivity index (χ4n) is 1.28. The summed E-state index contributed by atoms with van der Waals surface area (Å²) in [5, 5.41) is 0.937. The number of aromatic amines is 1. The number of para-hydroxylation sites is 2. The summed E-state index contributed by atoms with van der Waals surface area (Å²) in [5.41, 5.74) is 7.77. The van der Waals surface area contributed by atoms with Gasteiger partial charge in [0.25, 0.3) is 0 Å². The first kappa shape index (κ1) is 10.5. The molecule has 2 rings (SSSR count). The first-order valence-corrected chi connectivity index (χ1v) is 5.76. The van der Waals surface area contributed by atoms with E-state index in [1.807, 2.05) is 24.3 Å². The minimum Gasteiger partial charge on any atom is -0.333 e. The third-order valence-corrected chi connectivity index (χ3v) is 3.34. The van der Waals surface area contributed by atoms with E-state index in [-0.39, 0.29) is 4.75 Å². The second-order valence-electron chi connectivity index (χ2n) is 4.12. The zero-order valence-corrected chi connectivity index (χ0v) is 9.77. The number of imidazole rings is 1. The largest absolute Gasteiger partial charge is 0.333 e. The molecule has 3 N–H and O–H groups in total. The molecule has 2 aromatic rings. The van der Waals surface area contributed by atoms with Crippen LogP contribution in [0.3, 0.4) is 0 Å². The van der Waals surface area contributed by atoms with Gasteiger partial charge in [-0.1, -0.05) is 23.9 Å². The summed E-state index contributed by atoms with van der Waals surface area (Å²) in [5.74, 6) is 0. The van der Waals surface area contributed by atoms with Crippen molar-refractivity contribution in [3.63, 3.8) is 0 Å². The number of rotatable bonds is 3. The minimum atomic E-state index is 0.0217. The maximum absolute atomic E-state index is 5.69. The van der Waals surface area contributed by atoms with Crippen molar-refractivity contribution in [2.24, 2.45) is 5.73 Å².